The summed E-state index contributed by atoms with van der Waals surface area (Å²) in [5.74, 6) is 2.66. The molecule has 1 aromatic heterocycles. The molecule has 0 aliphatic heterocycles. The monoisotopic (exact) mass is 381 g/mol. The minimum absolute atomic E-state index is 0.0835. The van der Waals surface area contributed by atoms with Crippen LogP contribution in [-0.4, -0.2) is 35.7 Å². The van der Waals surface area contributed by atoms with Gasteiger partial charge in [-0.1, -0.05) is 25.1 Å². The Labute approximate surface area is 165 Å². The molecule has 3 aromatic rings. The first-order valence-electron chi connectivity index (χ1n) is 9.69. The smallest absolute Gasteiger partial charge is 0.219 e. The number of nitrogens with zero attached hydrogens (tertiary/aromatic N) is 2. The average molecular weight is 381 g/mol. The molecule has 148 valence electrons. The molecule has 0 spiro atoms. The molecule has 1 amide bonds. The van der Waals surface area contributed by atoms with Crippen LogP contribution in [0.3, 0.4) is 0 Å². The Kier molecular flexibility index (Phi) is 6.89. The van der Waals surface area contributed by atoms with Crippen molar-refractivity contribution in [1.82, 2.24) is 14.9 Å². The second kappa shape index (κ2) is 9.78. The molecule has 0 saturated carbocycles. The molecule has 0 aliphatic rings. The van der Waals surface area contributed by atoms with E-state index in [4.69, 9.17) is 14.5 Å². The SMILES string of the molecule is CCC(=O)NCCCc1nc2ccccc2n1CCOc1cccc(OC)c1. The van der Waals surface area contributed by atoms with E-state index in [0.29, 0.717) is 26.1 Å². The minimum Gasteiger partial charge on any atom is -0.497 e. The average Bonchev–Trinajstić information content (AvgIpc) is 3.08. The highest BCUT2D eigenvalue weighted by Gasteiger charge is 2.10. The number of para-hydroxylation sites is 2. The van der Waals surface area contributed by atoms with Crippen LogP contribution in [0.1, 0.15) is 25.6 Å². The van der Waals surface area contributed by atoms with E-state index in [9.17, 15) is 4.79 Å². The molecule has 1 N–H and O–H groups in total. The molecule has 1 heterocycles. The Morgan fingerprint density at radius 2 is 1.96 bits per heavy atom. The number of hydrogen-bond acceptors (Lipinski definition) is 4. The Morgan fingerprint density at radius 3 is 2.79 bits per heavy atom. The maximum absolute atomic E-state index is 11.4. The number of benzene rings is 2. The molecular weight excluding hydrogens is 354 g/mol. The molecule has 0 fully saturated rings. The molecule has 0 bridgehead atoms. The van der Waals surface area contributed by atoms with E-state index in [1.807, 2.05) is 49.4 Å². The fourth-order valence-electron chi connectivity index (χ4n) is 3.11. The lowest BCUT2D eigenvalue weighted by atomic mass is 10.3. The highest BCUT2D eigenvalue weighted by atomic mass is 16.5. The number of aromatic nitrogens is 2. The fraction of sp³-hybridized carbons (Fsp3) is 0.364. The summed E-state index contributed by atoms with van der Waals surface area (Å²) in [6.45, 7) is 3.76. The van der Waals surface area contributed by atoms with Crippen molar-refractivity contribution >= 4 is 16.9 Å². The molecule has 0 atom stereocenters. The van der Waals surface area contributed by atoms with Gasteiger partial charge in [0.2, 0.25) is 5.91 Å². The Bertz CT molecular complexity index is 920. The van der Waals surface area contributed by atoms with Crippen LogP contribution >= 0.6 is 0 Å². The Balaban J connectivity index is 1.65. The number of nitrogens with one attached hydrogen (secondary N) is 1. The summed E-state index contributed by atoms with van der Waals surface area (Å²) in [7, 11) is 1.64. The highest BCUT2D eigenvalue weighted by Crippen LogP contribution is 2.20. The number of fused-ring (bicyclic) bond motifs is 1. The zero-order valence-corrected chi connectivity index (χ0v) is 16.5. The topological polar surface area (TPSA) is 65.4 Å². The Hall–Kier alpha value is -3.02. The van der Waals surface area contributed by atoms with Crippen LogP contribution in [0.5, 0.6) is 11.5 Å². The van der Waals surface area contributed by atoms with E-state index in [0.717, 1.165) is 41.2 Å². The lowest BCUT2D eigenvalue weighted by Crippen LogP contribution is -2.23. The third-order valence-corrected chi connectivity index (χ3v) is 4.58. The molecule has 0 aliphatic carbocycles. The van der Waals surface area contributed by atoms with Crippen molar-refractivity contribution in [3.05, 3.63) is 54.4 Å². The van der Waals surface area contributed by atoms with Gasteiger partial charge in [-0.15, -0.1) is 0 Å². The maximum atomic E-state index is 11.4. The number of aryl methyl sites for hydroxylation is 1. The van der Waals surface area contributed by atoms with Gasteiger partial charge < -0.3 is 19.4 Å². The van der Waals surface area contributed by atoms with E-state index >= 15 is 0 Å². The van der Waals surface area contributed by atoms with Gasteiger partial charge >= 0.3 is 0 Å². The standard InChI is InChI=1S/C22H27N3O3/c1-3-22(26)23-13-7-12-21-24-19-10-4-5-11-20(19)25(21)14-15-28-18-9-6-8-17(16-18)27-2/h4-6,8-11,16H,3,7,12-15H2,1-2H3,(H,23,26). The maximum Gasteiger partial charge on any atom is 0.219 e. The number of amides is 1. The van der Waals surface area contributed by atoms with Gasteiger partial charge in [-0.05, 0) is 30.7 Å². The largest absolute Gasteiger partial charge is 0.497 e. The van der Waals surface area contributed by atoms with E-state index in [1.165, 1.54) is 0 Å². The van der Waals surface area contributed by atoms with Crippen molar-refractivity contribution in [3.8, 4) is 11.5 Å². The van der Waals surface area contributed by atoms with Crippen LogP contribution in [0.15, 0.2) is 48.5 Å². The van der Waals surface area contributed by atoms with Gasteiger partial charge in [0.25, 0.3) is 0 Å². The van der Waals surface area contributed by atoms with Crippen molar-refractivity contribution in [1.29, 1.82) is 0 Å². The summed E-state index contributed by atoms with van der Waals surface area (Å²) >= 11 is 0. The van der Waals surface area contributed by atoms with E-state index in [1.54, 1.807) is 7.11 Å². The zero-order chi connectivity index (χ0) is 19.8. The van der Waals surface area contributed by atoms with Crippen molar-refractivity contribution in [2.24, 2.45) is 0 Å². The summed E-state index contributed by atoms with van der Waals surface area (Å²) in [4.78, 5) is 16.2. The van der Waals surface area contributed by atoms with Gasteiger partial charge in [-0.25, -0.2) is 4.98 Å². The highest BCUT2D eigenvalue weighted by molar-refractivity contribution is 5.76. The quantitative estimate of drug-likeness (QED) is 0.545. The molecule has 3 rings (SSSR count). The van der Waals surface area contributed by atoms with Gasteiger partial charge in [0.15, 0.2) is 0 Å². The lowest BCUT2D eigenvalue weighted by Gasteiger charge is -2.12. The van der Waals surface area contributed by atoms with Crippen LogP contribution in [0.4, 0.5) is 0 Å². The predicted octanol–water partition coefficient (Wildman–Crippen LogP) is 3.58. The molecule has 6 nitrogen and oxygen atoms in total. The number of ether oxygens (including phenoxy) is 2. The van der Waals surface area contributed by atoms with Crippen LogP contribution in [0.25, 0.3) is 11.0 Å². The Morgan fingerprint density at radius 1 is 1.14 bits per heavy atom. The van der Waals surface area contributed by atoms with Crippen molar-refractivity contribution in [2.75, 3.05) is 20.3 Å². The normalized spacial score (nSPS) is 10.8. The zero-order valence-electron chi connectivity index (χ0n) is 16.5. The fourth-order valence-corrected chi connectivity index (χ4v) is 3.11. The predicted molar refractivity (Wildman–Crippen MR) is 110 cm³/mol. The molecule has 6 heteroatoms. The van der Waals surface area contributed by atoms with Crippen LogP contribution in [0, 0.1) is 0 Å². The molecule has 0 saturated heterocycles. The van der Waals surface area contributed by atoms with Crippen molar-refractivity contribution < 1.29 is 14.3 Å². The van der Waals surface area contributed by atoms with Gasteiger partial charge in [0.05, 0.1) is 24.7 Å². The third kappa shape index (κ3) is 5.03. The van der Waals surface area contributed by atoms with Gasteiger partial charge in [-0.3, -0.25) is 4.79 Å². The lowest BCUT2D eigenvalue weighted by molar-refractivity contribution is -0.120. The number of imidazole rings is 1. The van der Waals surface area contributed by atoms with Gasteiger partial charge in [-0.2, -0.15) is 0 Å². The first-order chi connectivity index (χ1) is 13.7. The molecular formula is C22H27N3O3. The van der Waals surface area contributed by atoms with Gasteiger partial charge in [0.1, 0.15) is 23.9 Å². The minimum atomic E-state index is 0.0835. The third-order valence-electron chi connectivity index (χ3n) is 4.58. The number of methoxy groups -OCH3 is 1. The summed E-state index contributed by atoms with van der Waals surface area (Å²) in [5, 5.41) is 2.92. The number of carbonyl (C=O) groups is 1. The van der Waals surface area contributed by atoms with Crippen LogP contribution in [0.2, 0.25) is 0 Å². The number of rotatable bonds is 10. The number of hydrogen-bond donors (Lipinski definition) is 1. The first kappa shape index (κ1) is 19.7. The first-order valence-corrected chi connectivity index (χ1v) is 9.69. The molecule has 0 unspecified atom stereocenters. The summed E-state index contributed by atoms with van der Waals surface area (Å²) in [5.41, 5.74) is 2.08. The summed E-state index contributed by atoms with van der Waals surface area (Å²) in [6.07, 6.45) is 2.17. The van der Waals surface area contributed by atoms with E-state index < -0.39 is 0 Å². The van der Waals surface area contributed by atoms with Crippen molar-refractivity contribution in [3.63, 3.8) is 0 Å². The summed E-state index contributed by atoms with van der Waals surface area (Å²) < 4.78 is 13.4. The molecule has 28 heavy (non-hydrogen) atoms. The molecule has 0 radical (unpaired) electrons. The van der Waals surface area contributed by atoms with Crippen molar-refractivity contribution in [2.45, 2.75) is 32.7 Å². The van der Waals surface area contributed by atoms with E-state index in [-0.39, 0.29) is 5.91 Å². The van der Waals surface area contributed by atoms with E-state index in [2.05, 4.69) is 16.0 Å². The second-order valence-electron chi connectivity index (χ2n) is 6.50. The second-order valence-corrected chi connectivity index (χ2v) is 6.50. The van der Waals surface area contributed by atoms with Gasteiger partial charge in [0, 0.05) is 25.5 Å². The number of carbonyl (C=O) groups excluding carboxylic acids is 1. The molecule has 2 aromatic carbocycles. The van der Waals surface area contributed by atoms with Crippen LogP contribution in [-0.2, 0) is 17.8 Å². The van der Waals surface area contributed by atoms with Crippen LogP contribution < -0.4 is 14.8 Å². The summed E-state index contributed by atoms with van der Waals surface area (Å²) in [6, 6.07) is 15.7.